The summed E-state index contributed by atoms with van der Waals surface area (Å²) in [5.74, 6) is -0.733. The highest BCUT2D eigenvalue weighted by Gasteiger charge is 2.21. The summed E-state index contributed by atoms with van der Waals surface area (Å²) in [5.41, 5.74) is -0.221. The Morgan fingerprint density at radius 2 is 2.09 bits per heavy atom. The van der Waals surface area contributed by atoms with Gasteiger partial charge in [0.15, 0.2) is 0 Å². The van der Waals surface area contributed by atoms with Crippen LogP contribution in [0.5, 0.6) is 5.75 Å². The fraction of sp³-hybridized carbons (Fsp3) is 0.429. The molecular formula is C14H19N3O5. The zero-order valence-electron chi connectivity index (χ0n) is 12.7. The third-order valence-corrected chi connectivity index (χ3v) is 2.93. The number of nitro groups is 1. The molecule has 0 aliphatic heterocycles. The van der Waals surface area contributed by atoms with Crippen molar-refractivity contribution in [2.45, 2.75) is 26.3 Å². The molecule has 0 bridgehead atoms. The maximum Gasteiger partial charge on any atom is 0.270 e. The summed E-state index contributed by atoms with van der Waals surface area (Å²) < 4.78 is 5.02. The number of rotatable bonds is 7. The van der Waals surface area contributed by atoms with Crippen molar-refractivity contribution in [3.05, 3.63) is 33.9 Å². The van der Waals surface area contributed by atoms with Gasteiger partial charge >= 0.3 is 0 Å². The zero-order chi connectivity index (χ0) is 16.7. The molecule has 1 atom stereocenters. The van der Waals surface area contributed by atoms with Crippen LogP contribution in [0, 0.1) is 10.1 Å². The Morgan fingerprint density at radius 3 is 2.64 bits per heavy atom. The fourth-order valence-electron chi connectivity index (χ4n) is 1.73. The van der Waals surface area contributed by atoms with Crippen molar-refractivity contribution in [2.75, 3.05) is 13.7 Å². The Labute approximate surface area is 128 Å². The van der Waals surface area contributed by atoms with Gasteiger partial charge in [-0.05, 0) is 19.4 Å². The van der Waals surface area contributed by atoms with Crippen LogP contribution >= 0.6 is 0 Å². The fourth-order valence-corrected chi connectivity index (χ4v) is 1.73. The van der Waals surface area contributed by atoms with E-state index in [1.54, 1.807) is 0 Å². The average molecular weight is 309 g/mol. The number of hydrogen-bond donors (Lipinski definition) is 2. The van der Waals surface area contributed by atoms with Crippen LogP contribution in [0.4, 0.5) is 5.69 Å². The van der Waals surface area contributed by atoms with Crippen LogP contribution in [0.2, 0.25) is 0 Å². The summed E-state index contributed by atoms with van der Waals surface area (Å²) in [5, 5.41) is 15.9. The molecule has 0 aliphatic carbocycles. The molecular weight excluding hydrogens is 290 g/mol. The first-order valence-electron chi connectivity index (χ1n) is 6.81. The first-order chi connectivity index (χ1) is 10.4. The second-order valence-electron chi connectivity index (χ2n) is 4.63. The number of ether oxygens (including phenoxy) is 1. The molecule has 1 aromatic carbocycles. The third kappa shape index (κ3) is 4.44. The smallest absolute Gasteiger partial charge is 0.270 e. The van der Waals surface area contributed by atoms with Gasteiger partial charge in [0, 0.05) is 18.7 Å². The van der Waals surface area contributed by atoms with E-state index in [-0.39, 0.29) is 22.9 Å². The summed E-state index contributed by atoms with van der Waals surface area (Å²) in [6.07, 6.45) is 0.783. The topological polar surface area (TPSA) is 111 Å². The molecule has 22 heavy (non-hydrogen) atoms. The molecule has 0 aromatic heterocycles. The number of benzene rings is 1. The van der Waals surface area contributed by atoms with Gasteiger partial charge in [0.2, 0.25) is 5.91 Å². The Kier molecular flexibility index (Phi) is 6.30. The van der Waals surface area contributed by atoms with E-state index in [9.17, 15) is 19.7 Å². The Bertz CT molecular complexity index is 574. The van der Waals surface area contributed by atoms with Crippen molar-refractivity contribution in [1.82, 2.24) is 10.6 Å². The molecule has 0 unspecified atom stereocenters. The first-order valence-corrected chi connectivity index (χ1v) is 6.81. The molecule has 0 saturated heterocycles. The van der Waals surface area contributed by atoms with Gasteiger partial charge in [0.05, 0.1) is 17.6 Å². The van der Waals surface area contributed by atoms with Crippen LogP contribution in [0.25, 0.3) is 0 Å². The highest BCUT2D eigenvalue weighted by atomic mass is 16.6. The minimum atomic E-state index is -0.761. The highest BCUT2D eigenvalue weighted by molar-refractivity contribution is 6.00. The second-order valence-corrected chi connectivity index (χ2v) is 4.63. The van der Waals surface area contributed by atoms with Gasteiger partial charge in [-0.15, -0.1) is 0 Å². The van der Waals surface area contributed by atoms with Gasteiger partial charge in [0.1, 0.15) is 11.8 Å². The van der Waals surface area contributed by atoms with E-state index in [4.69, 9.17) is 4.74 Å². The quantitative estimate of drug-likeness (QED) is 0.581. The molecule has 8 heteroatoms. The number of nitro benzene ring substituents is 1. The molecule has 120 valence electrons. The van der Waals surface area contributed by atoms with Crippen molar-refractivity contribution < 1.29 is 19.2 Å². The van der Waals surface area contributed by atoms with E-state index in [0.29, 0.717) is 6.54 Å². The van der Waals surface area contributed by atoms with Gasteiger partial charge in [-0.25, -0.2) is 0 Å². The third-order valence-electron chi connectivity index (χ3n) is 2.93. The van der Waals surface area contributed by atoms with Crippen molar-refractivity contribution in [1.29, 1.82) is 0 Å². The summed E-state index contributed by atoms with van der Waals surface area (Å²) >= 11 is 0. The number of nitrogens with one attached hydrogen (secondary N) is 2. The lowest BCUT2D eigenvalue weighted by Crippen LogP contribution is -2.45. The van der Waals surface area contributed by atoms with E-state index < -0.39 is 16.9 Å². The normalized spacial score (nSPS) is 11.4. The number of amides is 2. The number of nitrogens with zero attached hydrogens (tertiary/aromatic N) is 1. The predicted molar refractivity (Wildman–Crippen MR) is 79.9 cm³/mol. The van der Waals surface area contributed by atoms with Gasteiger partial charge in [-0.1, -0.05) is 6.92 Å². The summed E-state index contributed by atoms with van der Waals surface area (Å²) in [7, 11) is 1.36. The minimum Gasteiger partial charge on any atom is -0.496 e. The lowest BCUT2D eigenvalue weighted by atomic mass is 10.1. The van der Waals surface area contributed by atoms with Gasteiger partial charge in [0.25, 0.3) is 11.6 Å². The predicted octanol–water partition coefficient (Wildman–Crippen LogP) is 1.25. The van der Waals surface area contributed by atoms with E-state index in [1.165, 1.54) is 26.2 Å². The van der Waals surface area contributed by atoms with E-state index >= 15 is 0 Å². The van der Waals surface area contributed by atoms with Crippen LogP contribution in [0.3, 0.4) is 0 Å². The number of carbonyl (C=O) groups excluding carboxylic acids is 2. The number of carbonyl (C=O) groups is 2. The Morgan fingerprint density at radius 1 is 1.41 bits per heavy atom. The van der Waals surface area contributed by atoms with Crippen LogP contribution in [0.1, 0.15) is 30.6 Å². The molecule has 0 saturated carbocycles. The molecule has 0 radical (unpaired) electrons. The van der Waals surface area contributed by atoms with Crippen molar-refractivity contribution in [3.63, 3.8) is 0 Å². The zero-order valence-corrected chi connectivity index (χ0v) is 12.7. The summed E-state index contributed by atoms with van der Waals surface area (Å²) in [6.45, 7) is 3.96. The molecule has 0 heterocycles. The number of hydrogen-bond acceptors (Lipinski definition) is 5. The van der Waals surface area contributed by atoms with Crippen LogP contribution in [-0.2, 0) is 4.79 Å². The lowest BCUT2D eigenvalue weighted by Gasteiger charge is -2.15. The molecule has 2 N–H and O–H groups in total. The largest absolute Gasteiger partial charge is 0.496 e. The number of methoxy groups -OCH3 is 1. The Balaban J connectivity index is 2.90. The molecule has 0 spiro atoms. The number of non-ortho nitro benzene ring substituents is 1. The lowest BCUT2D eigenvalue weighted by molar-refractivity contribution is -0.384. The molecule has 8 nitrogen and oxygen atoms in total. The van der Waals surface area contributed by atoms with Crippen LogP contribution < -0.4 is 15.4 Å². The molecule has 1 aromatic rings. The van der Waals surface area contributed by atoms with Crippen molar-refractivity contribution in [2.24, 2.45) is 0 Å². The van der Waals surface area contributed by atoms with Crippen LogP contribution in [-0.4, -0.2) is 36.4 Å². The maximum atomic E-state index is 12.2. The van der Waals surface area contributed by atoms with Gasteiger partial charge < -0.3 is 15.4 Å². The first kappa shape index (κ1) is 17.4. The summed E-state index contributed by atoms with van der Waals surface area (Å²) in [6, 6.07) is 2.94. The van der Waals surface area contributed by atoms with Gasteiger partial charge in [-0.3, -0.25) is 19.7 Å². The standard InChI is InChI=1S/C14H19N3O5/c1-4-7-15-13(18)9(2)16-14(19)11-8-10(17(20)21)5-6-12(11)22-3/h5-6,8-9H,4,7H2,1-3H3,(H,15,18)(H,16,19)/t9-/m1/s1. The molecule has 0 fully saturated rings. The van der Waals surface area contributed by atoms with Gasteiger partial charge in [-0.2, -0.15) is 0 Å². The Hall–Kier alpha value is -2.64. The van der Waals surface area contributed by atoms with Crippen molar-refractivity contribution >= 4 is 17.5 Å². The maximum absolute atomic E-state index is 12.2. The molecule has 1 rings (SSSR count). The second kappa shape index (κ2) is 7.96. The van der Waals surface area contributed by atoms with Crippen molar-refractivity contribution in [3.8, 4) is 5.75 Å². The van der Waals surface area contributed by atoms with E-state index in [1.807, 2.05) is 6.92 Å². The average Bonchev–Trinajstić information content (AvgIpc) is 2.51. The van der Waals surface area contributed by atoms with Crippen LogP contribution in [0.15, 0.2) is 18.2 Å². The monoisotopic (exact) mass is 309 g/mol. The SMILES string of the molecule is CCCNC(=O)[C@@H](C)NC(=O)c1cc([N+](=O)[O-])ccc1OC. The molecule has 2 amide bonds. The summed E-state index contributed by atoms with van der Waals surface area (Å²) in [4.78, 5) is 34.1. The van der Waals surface area contributed by atoms with E-state index in [2.05, 4.69) is 10.6 Å². The van der Waals surface area contributed by atoms with E-state index in [0.717, 1.165) is 12.5 Å². The highest BCUT2D eigenvalue weighted by Crippen LogP contribution is 2.23. The minimum absolute atomic E-state index is 0.00633. The molecule has 0 aliphatic rings.